The Bertz CT molecular complexity index is 805. The molecule has 1 heterocycles. The van der Waals surface area contributed by atoms with Crippen molar-refractivity contribution in [2.24, 2.45) is 11.8 Å². The number of benzene rings is 1. The quantitative estimate of drug-likeness (QED) is 0.695. The van der Waals surface area contributed by atoms with Crippen LogP contribution in [0.4, 0.5) is 5.69 Å². The van der Waals surface area contributed by atoms with E-state index < -0.39 is 9.84 Å². The van der Waals surface area contributed by atoms with Crippen LogP contribution in [-0.4, -0.2) is 37.7 Å². The van der Waals surface area contributed by atoms with Crippen LogP contribution < -0.4 is 4.90 Å². The van der Waals surface area contributed by atoms with Gasteiger partial charge in [0.2, 0.25) is 5.91 Å². The zero-order valence-corrected chi connectivity index (χ0v) is 17.7. The van der Waals surface area contributed by atoms with Crippen molar-refractivity contribution in [3.8, 4) is 0 Å². The van der Waals surface area contributed by atoms with Crippen molar-refractivity contribution in [2.75, 3.05) is 17.2 Å². The van der Waals surface area contributed by atoms with Crippen molar-refractivity contribution in [3.05, 3.63) is 29.8 Å². The maximum atomic E-state index is 12.7. The molecule has 6 heteroatoms. The number of ketones is 1. The predicted octanol–water partition coefficient (Wildman–Crippen LogP) is 3.55. The normalized spacial score (nSPS) is 23.4. The average Bonchev–Trinajstić information content (AvgIpc) is 3.08. The summed E-state index contributed by atoms with van der Waals surface area (Å²) in [5.41, 5.74) is 1.88. The van der Waals surface area contributed by atoms with Gasteiger partial charge in [-0.15, -0.1) is 0 Å². The molecule has 1 aromatic carbocycles. The lowest BCUT2D eigenvalue weighted by atomic mass is 9.79. The summed E-state index contributed by atoms with van der Waals surface area (Å²) in [4.78, 5) is 26.3. The first-order valence-electron chi connectivity index (χ1n) is 10.4. The van der Waals surface area contributed by atoms with Crippen LogP contribution in [0, 0.1) is 11.8 Å². The van der Waals surface area contributed by atoms with Crippen molar-refractivity contribution in [1.29, 1.82) is 0 Å². The van der Waals surface area contributed by atoms with Gasteiger partial charge in [-0.3, -0.25) is 9.59 Å². The lowest BCUT2D eigenvalue weighted by molar-refractivity contribution is -0.123. The summed E-state index contributed by atoms with van der Waals surface area (Å²) in [7, 11) is -3.01. The summed E-state index contributed by atoms with van der Waals surface area (Å²) >= 11 is 0. The number of sulfone groups is 1. The van der Waals surface area contributed by atoms with Crippen LogP contribution >= 0.6 is 0 Å². The Hall–Kier alpha value is -1.69. The first-order valence-corrected chi connectivity index (χ1v) is 12.1. The Labute approximate surface area is 168 Å². The minimum absolute atomic E-state index is 0.0397. The second-order valence-electron chi connectivity index (χ2n) is 8.55. The van der Waals surface area contributed by atoms with Gasteiger partial charge in [-0.25, -0.2) is 8.42 Å². The summed E-state index contributed by atoms with van der Waals surface area (Å²) in [6, 6.07) is 7.75. The van der Waals surface area contributed by atoms with Crippen molar-refractivity contribution in [2.45, 2.75) is 64.0 Å². The monoisotopic (exact) mass is 405 g/mol. The highest BCUT2D eigenvalue weighted by Crippen LogP contribution is 2.32. The fourth-order valence-corrected chi connectivity index (χ4v) is 5.61. The number of Topliss-reactive ketones (excluding diaryl/α,β-unsaturated/α-hetero) is 1. The Morgan fingerprint density at radius 3 is 2.29 bits per heavy atom. The zero-order chi connectivity index (χ0) is 20.3. The van der Waals surface area contributed by atoms with Crippen molar-refractivity contribution in [1.82, 2.24) is 0 Å². The van der Waals surface area contributed by atoms with E-state index >= 15 is 0 Å². The maximum absolute atomic E-state index is 12.7. The average molecular weight is 406 g/mol. The molecule has 28 heavy (non-hydrogen) atoms. The molecule has 1 amide bonds. The van der Waals surface area contributed by atoms with Crippen LogP contribution in [0.1, 0.15) is 57.9 Å². The topological polar surface area (TPSA) is 71.5 Å². The Kier molecular flexibility index (Phi) is 6.58. The fourth-order valence-electron chi connectivity index (χ4n) is 4.23. The van der Waals surface area contributed by atoms with Gasteiger partial charge in [0.25, 0.3) is 0 Å². The number of nitrogens with zero attached hydrogens (tertiary/aromatic N) is 1. The first-order chi connectivity index (χ1) is 13.3. The Morgan fingerprint density at radius 1 is 1.11 bits per heavy atom. The van der Waals surface area contributed by atoms with E-state index in [1.54, 1.807) is 18.7 Å². The number of hydrogen-bond donors (Lipinski definition) is 0. The third kappa shape index (κ3) is 5.02. The van der Waals surface area contributed by atoms with Crippen LogP contribution in [0.5, 0.6) is 0 Å². The molecule has 1 saturated heterocycles. The Balaban J connectivity index is 1.50. The SMILES string of the molecule is CC(C)S(=O)(=O)CC1CCC(C(=O)Cc2ccc(N3CCCC3=O)cc2)CC1. The fraction of sp³-hybridized carbons (Fsp3) is 0.636. The van der Waals surface area contributed by atoms with Crippen molar-refractivity contribution >= 4 is 27.2 Å². The van der Waals surface area contributed by atoms with Gasteiger partial charge in [0.05, 0.1) is 11.0 Å². The van der Waals surface area contributed by atoms with E-state index in [1.165, 1.54) is 0 Å². The van der Waals surface area contributed by atoms with E-state index in [2.05, 4.69) is 0 Å². The maximum Gasteiger partial charge on any atom is 0.227 e. The highest BCUT2D eigenvalue weighted by atomic mass is 32.2. The molecule has 1 saturated carbocycles. The van der Waals surface area contributed by atoms with Gasteiger partial charge < -0.3 is 4.90 Å². The van der Waals surface area contributed by atoms with Gasteiger partial charge in [-0.2, -0.15) is 0 Å². The van der Waals surface area contributed by atoms with E-state index in [-0.39, 0.29) is 34.5 Å². The molecule has 0 radical (unpaired) electrons. The second-order valence-corrected chi connectivity index (χ2v) is 11.2. The molecule has 2 fully saturated rings. The molecule has 0 atom stereocenters. The van der Waals surface area contributed by atoms with Crippen LogP contribution in [0.2, 0.25) is 0 Å². The number of rotatable bonds is 7. The molecule has 0 unspecified atom stereocenters. The molecule has 2 aliphatic rings. The molecule has 1 aliphatic heterocycles. The van der Waals surface area contributed by atoms with Gasteiger partial charge in [-0.1, -0.05) is 12.1 Å². The summed E-state index contributed by atoms with van der Waals surface area (Å²) in [6.07, 6.45) is 5.14. The van der Waals surface area contributed by atoms with Gasteiger partial charge in [0, 0.05) is 31.0 Å². The number of hydrogen-bond acceptors (Lipinski definition) is 4. The predicted molar refractivity (Wildman–Crippen MR) is 111 cm³/mol. The molecule has 154 valence electrons. The first kappa shape index (κ1) is 21.0. The minimum Gasteiger partial charge on any atom is -0.312 e. The van der Waals surface area contributed by atoms with Gasteiger partial charge >= 0.3 is 0 Å². The molecule has 1 aliphatic carbocycles. The highest BCUT2D eigenvalue weighted by molar-refractivity contribution is 7.91. The van der Waals surface area contributed by atoms with E-state index in [1.807, 2.05) is 24.3 Å². The third-order valence-electron chi connectivity index (χ3n) is 6.19. The molecule has 0 N–H and O–H groups in total. The number of amides is 1. The minimum atomic E-state index is -3.01. The molecule has 0 bridgehead atoms. The van der Waals surface area contributed by atoms with E-state index in [0.717, 1.165) is 49.9 Å². The van der Waals surface area contributed by atoms with Gasteiger partial charge in [0.1, 0.15) is 5.78 Å². The van der Waals surface area contributed by atoms with Gasteiger partial charge in [-0.05, 0) is 69.6 Å². The standard InChI is InChI=1S/C22H31NO4S/c1-16(2)28(26,27)15-18-5-9-19(10-6-18)21(24)14-17-7-11-20(12-8-17)23-13-3-4-22(23)25/h7-8,11-12,16,18-19H,3-6,9-10,13-15H2,1-2H3. The highest BCUT2D eigenvalue weighted by Gasteiger charge is 2.30. The smallest absolute Gasteiger partial charge is 0.227 e. The molecular formula is C22H31NO4S. The van der Waals surface area contributed by atoms with E-state index in [0.29, 0.717) is 12.8 Å². The van der Waals surface area contributed by atoms with E-state index in [4.69, 9.17) is 0 Å². The summed E-state index contributed by atoms with van der Waals surface area (Å²) in [5.74, 6) is 0.893. The molecule has 5 nitrogen and oxygen atoms in total. The molecular weight excluding hydrogens is 374 g/mol. The summed E-state index contributed by atoms with van der Waals surface area (Å²) in [5, 5.41) is -0.328. The van der Waals surface area contributed by atoms with Crippen LogP contribution in [-0.2, 0) is 25.8 Å². The number of carbonyl (C=O) groups is 2. The molecule has 1 aromatic rings. The zero-order valence-electron chi connectivity index (χ0n) is 16.9. The van der Waals surface area contributed by atoms with Crippen LogP contribution in [0.25, 0.3) is 0 Å². The third-order valence-corrected chi connectivity index (χ3v) is 8.56. The molecule has 0 spiro atoms. The Morgan fingerprint density at radius 2 is 1.75 bits per heavy atom. The number of carbonyl (C=O) groups excluding carboxylic acids is 2. The van der Waals surface area contributed by atoms with E-state index in [9.17, 15) is 18.0 Å². The summed E-state index contributed by atoms with van der Waals surface area (Å²) < 4.78 is 24.2. The van der Waals surface area contributed by atoms with Crippen molar-refractivity contribution < 1.29 is 18.0 Å². The summed E-state index contributed by atoms with van der Waals surface area (Å²) in [6.45, 7) is 4.23. The van der Waals surface area contributed by atoms with Crippen LogP contribution in [0.3, 0.4) is 0 Å². The largest absolute Gasteiger partial charge is 0.312 e. The van der Waals surface area contributed by atoms with Crippen molar-refractivity contribution in [3.63, 3.8) is 0 Å². The van der Waals surface area contributed by atoms with Gasteiger partial charge in [0.15, 0.2) is 9.84 Å². The second kappa shape index (κ2) is 8.76. The lowest BCUT2D eigenvalue weighted by Gasteiger charge is -2.28. The molecule has 3 rings (SSSR count). The number of anilines is 1. The molecule has 0 aromatic heterocycles. The van der Waals surface area contributed by atoms with Crippen LogP contribution in [0.15, 0.2) is 24.3 Å². The lowest BCUT2D eigenvalue weighted by Crippen LogP contribution is -2.29.